The maximum absolute atomic E-state index is 5.04. The SMILES string of the molecule is CC(=Nc1c(-c2ccccc2)cccc1-c1ccccc1)c1ccccn1.[Cl-].[Cl-].[Fe+2]. The van der Waals surface area contributed by atoms with Gasteiger partial charge in [0.2, 0.25) is 0 Å². The van der Waals surface area contributed by atoms with E-state index in [9.17, 15) is 0 Å². The number of para-hydroxylation sites is 1. The van der Waals surface area contributed by atoms with Crippen molar-refractivity contribution < 1.29 is 41.9 Å². The minimum atomic E-state index is 0. The van der Waals surface area contributed by atoms with Gasteiger partial charge >= 0.3 is 17.1 Å². The number of hydrogen-bond donors (Lipinski definition) is 0. The fourth-order valence-electron chi connectivity index (χ4n) is 3.17. The Bertz CT molecular complexity index is 1010. The van der Waals surface area contributed by atoms with E-state index in [2.05, 4.69) is 71.7 Å². The van der Waals surface area contributed by atoms with Gasteiger partial charge in [-0.3, -0.25) is 9.98 Å². The molecular weight excluding hydrogens is 455 g/mol. The van der Waals surface area contributed by atoms with Crippen molar-refractivity contribution >= 4 is 11.4 Å². The molecule has 0 bridgehead atoms. The Hall–Kier alpha value is -2.42. The molecule has 0 atom stereocenters. The summed E-state index contributed by atoms with van der Waals surface area (Å²) < 4.78 is 0. The van der Waals surface area contributed by atoms with Crippen molar-refractivity contribution in [2.45, 2.75) is 6.92 Å². The van der Waals surface area contributed by atoms with Gasteiger partial charge in [-0.2, -0.15) is 0 Å². The summed E-state index contributed by atoms with van der Waals surface area (Å²) >= 11 is 0. The molecular formula is C25H20Cl2FeN2. The molecule has 30 heavy (non-hydrogen) atoms. The van der Waals surface area contributed by atoms with Gasteiger partial charge < -0.3 is 24.8 Å². The first-order chi connectivity index (χ1) is 13.3. The molecule has 0 spiro atoms. The molecule has 5 heteroatoms. The zero-order chi connectivity index (χ0) is 18.5. The Morgan fingerprint density at radius 3 is 1.60 bits per heavy atom. The summed E-state index contributed by atoms with van der Waals surface area (Å²) in [6, 6.07) is 33.1. The third-order valence-corrected chi connectivity index (χ3v) is 4.52. The number of hydrogen-bond acceptors (Lipinski definition) is 2. The summed E-state index contributed by atoms with van der Waals surface area (Å²) in [5, 5.41) is 0. The Morgan fingerprint density at radius 1 is 0.633 bits per heavy atom. The molecule has 0 saturated heterocycles. The second kappa shape index (κ2) is 12.3. The van der Waals surface area contributed by atoms with E-state index < -0.39 is 0 Å². The van der Waals surface area contributed by atoms with Crippen LogP contribution in [0.25, 0.3) is 22.3 Å². The largest absolute Gasteiger partial charge is 2.00 e. The normalized spacial score (nSPS) is 10.2. The zero-order valence-electron chi connectivity index (χ0n) is 16.3. The summed E-state index contributed by atoms with van der Waals surface area (Å²) in [5.74, 6) is 0. The van der Waals surface area contributed by atoms with Gasteiger partial charge in [0.1, 0.15) is 0 Å². The summed E-state index contributed by atoms with van der Waals surface area (Å²) in [4.78, 5) is 9.48. The Balaban J connectivity index is 0.00000150. The number of rotatable bonds is 4. The van der Waals surface area contributed by atoms with Crippen LogP contribution >= 0.6 is 0 Å². The molecule has 0 saturated carbocycles. The molecule has 0 fully saturated rings. The molecule has 4 aromatic rings. The first-order valence-corrected chi connectivity index (χ1v) is 9.03. The fraction of sp³-hybridized carbons (Fsp3) is 0.0400. The average molecular weight is 475 g/mol. The molecule has 152 valence electrons. The molecule has 0 aliphatic rings. The minimum absolute atomic E-state index is 0. The molecule has 0 aliphatic heterocycles. The first kappa shape index (κ1) is 25.6. The van der Waals surface area contributed by atoms with Gasteiger partial charge in [-0.05, 0) is 30.2 Å². The number of halogens is 2. The van der Waals surface area contributed by atoms with Gasteiger partial charge in [-0.1, -0.05) is 84.9 Å². The number of aliphatic imine (C=N–C) groups is 1. The van der Waals surface area contributed by atoms with Gasteiger partial charge in [0.15, 0.2) is 0 Å². The van der Waals surface area contributed by atoms with Crippen LogP contribution < -0.4 is 24.8 Å². The molecule has 1 aromatic heterocycles. The van der Waals surface area contributed by atoms with E-state index in [1.165, 1.54) is 0 Å². The topological polar surface area (TPSA) is 25.2 Å². The molecule has 3 aromatic carbocycles. The molecule has 0 aliphatic carbocycles. The van der Waals surface area contributed by atoms with Crippen LogP contribution in [-0.2, 0) is 17.1 Å². The second-order valence-electron chi connectivity index (χ2n) is 6.35. The summed E-state index contributed by atoms with van der Waals surface area (Å²) in [6.45, 7) is 2.01. The number of pyridine rings is 1. The maximum Gasteiger partial charge on any atom is 2.00 e. The third kappa shape index (κ3) is 5.81. The van der Waals surface area contributed by atoms with Gasteiger partial charge in [0.05, 0.1) is 17.1 Å². The van der Waals surface area contributed by atoms with Crippen LogP contribution in [0.15, 0.2) is 108 Å². The van der Waals surface area contributed by atoms with Crippen LogP contribution in [-0.4, -0.2) is 10.7 Å². The Morgan fingerprint density at radius 2 is 1.13 bits per heavy atom. The quantitative estimate of drug-likeness (QED) is 0.313. The van der Waals surface area contributed by atoms with Gasteiger partial charge in [-0.25, -0.2) is 0 Å². The Kier molecular flexibility index (Phi) is 10.5. The minimum Gasteiger partial charge on any atom is -1.00 e. The van der Waals surface area contributed by atoms with E-state index in [1.807, 2.05) is 37.3 Å². The van der Waals surface area contributed by atoms with E-state index in [4.69, 9.17) is 4.99 Å². The van der Waals surface area contributed by atoms with Crippen LogP contribution in [0, 0.1) is 0 Å². The van der Waals surface area contributed by atoms with Crippen LogP contribution in [0.2, 0.25) is 0 Å². The van der Waals surface area contributed by atoms with E-state index in [0.717, 1.165) is 39.3 Å². The number of aromatic nitrogens is 1. The van der Waals surface area contributed by atoms with E-state index >= 15 is 0 Å². The van der Waals surface area contributed by atoms with E-state index in [0.29, 0.717) is 0 Å². The average Bonchev–Trinajstić information content (AvgIpc) is 2.76. The standard InChI is InChI=1S/C25H20N2.2ClH.Fe/c1-19(24-17-8-9-18-26-24)27-25-22(20-11-4-2-5-12-20)15-10-16-23(25)21-13-6-3-7-14-21;;;/h2-18H,1H3;2*1H;/q;;;+2/p-2. The predicted octanol–water partition coefficient (Wildman–Crippen LogP) is 0.562. The van der Waals surface area contributed by atoms with Crippen LogP contribution in [0.1, 0.15) is 12.6 Å². The van der Waals surface area contributed by atoms with Crippen LogP contribution in [0.5, 0.6) is 0 Å². The van der Waals surface area contributed by atoms with Gasteiger partial charge in [0, 0.05) is 17.3 Å². The van der Waals surface area contributed by atoms with E-state index in [1.54, 1.807) is 6.20 Å². The van der Waals surface area contributed by atoms with Crippen molar-refractivity contribution in [3.63, 3.8) is 0 Å². The third-order valence-electron chi connectivity index (χ3n) is 4.52. The first-order valence-electron chi connectivity index (χ1n) is 9.03. The van der Waals surface area contributed by atoms with Crippen LogP contribution in [0.4, 0.5) is 5.69 Å². The maximum atomic E-state index is 5.04. The molecule has 0 amide bonds. The molecule has 0 unspecified atom stereocenters. The number of benzene rings is 3. The Labute approximate surface area is 200 Å². The molecule has 0 N–H and O–H groups in total. The molecule has 4 rings (SSSR count). The summed E-state index contributed by atoms with van der Waals surface area (Å²) in [6.07, 6.45) is 1.80. The predicted molar refractivity (Wildman–Crippen MR) is 113 cm³/mol. The van der Waals surface area contributed by atoms with Crippen molar-refractivity contribution in [2.75, 3.05) is 0 Å². The molecule has 0 radical (unpaired) electrons. The van der Waals surface area contributed by atoms with Gasteiger partial charge in [-0.15, -0.1) is 0 Å². The fourth-order valence-corrected chi connectivity index (χ4v) is 3.17. The number of nitrogens with zero attached hydrogens (tertiary/aromatic N) is 2. The summed E-state index contributed by atoms with van der Waals surface area (Å²) in [7, 11) is 0. The van der Waals surface area contributed by atoms with E-state index in [-0.39, 0.29) is 41.9 Å². The second-order valence-corrected chi connectivity index (χ2v) is 6.35. The smallest absolute Gasteiger partial charge is 1.00 e. The van der Waals surface area contributed by atoms with Crippen molar-refractivity contribution in [3.8, 4) is 22.3 Å². The zero-order valence-corrected chi connectivity index (χ0v) is 18.9. The van der Waals surface area contributed by atoms with Crippen molar-refractivity contribution in [3.05, 3.63) is 109 Å². The van der Waals surface area contributed by atoms with Crippen molar-refractivity contribution in [2.24, 2.45) is 4.99 Å². The monoisotopic (exact) mass is 474 g/mol. The van der Waals surface area contributed by atoms with Crippen molar-refractivity contribution in [1.82, 2.24) is 4.98 Å². The van der Waals surface area contributed by atoms with Crippen LogP contribution in [0.3, 0.4) is 0 Å². The van der Waals surface area contributed by atoms with Crippen molar-refractivity contribution in [1.29, 1.82) is 0 Å². The van der Waals surface area contributed by atoms with Gasteiger partial charge in [0.25, 0.3) is 0 Å². The summed E-state index contributed by atoms with van der Waals surface area (Å²) in [5.41, 5.74) is 7.30. The molecule has 2 nitrogen and oxygen atoms in total. The molecule has 1 heterocycles.